The molecule has 0 aliphatic rings. The zero-order chi connectivity index (χ0) is 16.2. The van der Waals surface area contributed by atoms with Crippen LogP contribution >= 0.6 is 11.3 Å². The maximum absolute atomic E-state index is 12.2. The number of hydrogen-bond acceptors (Lipinski definition) is 5. The van der Waals surface area contributed by atoms with E-state index in [1.807, 2.05) is 37.4 Å². The summed E-state index contributed by atoms with van der Waals surface area (Å²) in [6, 6.07) is 10.2. The Kier molecular flexibility index (Phi) is 5.03. The number of hydrogen-bond donors (Lipinski definition) is 0. The normalized spacial score (nSPS) is 12.4. The second-order valence-corrected chi connectivity index (χ2v) is 7.77. The Labute approximate surface area is 142 Å². The van der Waals surface area contributed by atoms with Crippen LogP contribution in [0.5, 0.6) is 0 Å². The molecule has 0 fully saturated rings. The van der Waals surface area contributed by atoms with Gasteiger partial charge in [-0.25, -0.2) is 9.97 Å². The van der Waals surface area contributed by atoms with Gasteiger partial charge in [-0.05, 0) is 19.4 Å². The predicted molar refractivity (Wildman–Crippen MR) is 92.9 cm³/mol. The highest BCUT2D eigenvalue weighted by molar-refractivity contribution is 7.83. The van der Waals surface area contributed by atoms with Gasteiger partial charge in [0, 0.05) is 22.6 Å². The van der Waals surface area contributed by atoms with Crippen molar-refractivity contribution in [3.8, 4) is 0 Å². The number of aromatic nitrogens is 2. The lowest BCUT2D eigenvalue weighted by Gasteiger charge is -1.98. The second-order valence-electron chi connectivity index (χ2n) is 5.37. The first-order valence-electron chi connectivity index (χ1n) is 7.35. The molecule has 2 heterocycles. The van der Waals surface area contributed by atoms with E-state index in [-0.39, 0.29) is 0 Å². The van der Waals surface area contributed by atoms with Crippen LogP contribution in [0.15, 0.2) is 40.1 Å². The summed E-state index contributed by atoms with van der Waals surface area (Å²) in [6.07, 6.45) is 0.816. The van der Waals surface area contributed by atoms with Crippen LogP contribution in [0.3, 0.4) is 0 Å². The van der Waals surface area contributed by atoms with E-state index in [2.05, 4.69) is 22.1 Å². The van der Waals surface area contributed by atoms with Crippen LogP contribution in [0.25, 0.3) is 0 Å². The van der Waals surface area contributed by atoms with Gasteiger partial charge in [0.2, 0.25) is 5.89 Å². The molecule has 0 aliphatic carbocycles. The topological polar surface area (TPSA) is 56.0 Å². The van der Waals surface area contributed by atoms with Crippen LogP contribution in [-0.4, -0.2) is 14.2 Å². The quantitative estimate of drug-likeness (QED) is 0.681. The first kappa shape index (κ1) is 16.1. The van der Waals surface area contributed by atoms with Crippen molar-refractivity contribution >= 4 is 22.1 Å². The Bertz CT molecular complexity index is 790. The third-order valence-corrected chi connectivity index (χ3v) is 5.55. The number of nitrogens with zero attached hydrogens (tertiary/aromatic N) is 2. The van der Waals surface area contributed by atoms with Gasteiger partial charge in [-0.3, -0.25) is 4.21 Å². The van der Waals surface area contributed by atoms with Gasteiger partial charge in [0.25, 0.3) is 0 Å². The zero-order valence-corrected chi connectivity index (χ0v) is 14.7. The molecule has 0 amide bonds. The summed E-state index contributed by atoms with van der Waals surface area (Å²) in [6.45, 7) is 3.76. The summed E-state index contributed by atoms with van der Waals surface area (Å²) in [7, 11) is -1.06. The summed E-state index contributed by atoms with van der Waals surface area (Å²) in [4.78, 5) is 8.86. The fourth-order valence-electron chi connectivity index (χ4n) is 2.22. The minimum Gasteiger partial charge on any atom is -0.445 e. The molecule has 3 aromatic rings. The molecular weight excluding hydrogens is 328 g/mol. The van der Waals surface area contributed by atoms with Gasteiger partial charge in [-0.1, -0.05) is 30.3 Å². The number of thiazole rings is 1. The maximum atomic E-state index is 12.2. The fraction of sp³-hybridized carbons (Fsp3) is 0.294. The lowest BCUT2D eigenvalue weighted by atomic mass is 10.2. The first-order chi connectivity index (χ1) is 11.1. The van der Waals surface area contributed by atoms with Crippen molar-refractivity contribution in [1.82, 2.24) is 9.97 Å². The number of aryl methyl sites for hydroxylation is 2. The highest BCUT2D eigenvalue weighted by Gasteiger charge is 2.12. The molecule has 2 aromatic heterocycles. The molecule has 0 spiro atoms. The van der Waals surface area contributed by atoms with Crippen molar-refractivity contribution in [3.63, 3.8) is 0 Å². The van der Waals surface area contributed by atoms with E-state index in [4.69, 9.17) is 4.42 Å². The van der Waals surface area contributed by atoms with Crippen LogP contribution in [-0.2, 0) is 28.7 Å². The van der Waals surface area contributed by atoms with Gasteiger partial charge in [0.05, 0.1) is 22.1 Å². The van der Waals surface area contributed by atoms with Crippen molar-refractivity contribution in [2.24, 2.45) is 0 Å². The van der Waals surface area contributed by atoms with Crippen LogP contribution < -0.4 is 0 Å². The van der Waals surface area contributed by atoms with Crippen molar-refractivity contribution in [3.05, 3.63) is 69.3 Å². The molecule has 23 heavy (non-hydrogen) atoms. The number of benzene rings is 1. The van der Waals surface area contributed by atoms with Crippen LogP contribution in [0.1, 0.15) is 33.6 Å². The van der Waals surface area contributed by atoms with Gasteiger partial charge >= 0.3 is 0 Å². The van der Waals surface area contributed by atoms with Gasteiger partial charge in [0.15, 0.2) is 0 Å². The van der Waals surface area contributed by atoms with E-state index < -0.39 is 10.8 Å². The van der Waals surface area contributed by atoms with Gasteiger partial charge in [-0.2, -0.15) is 0 Å². The summed E-state index contributed by atoms with van der Waals surface area (Å²) in [5.74, 6) is 2.10. The lowest BCUT2D eigenvalue weighted by Crippen LogP contribution is -2.00. The SMILES string of the molecule is Cc1nc(CS(=O)Cc2csc(Cc3ccccc3)n2)oc1C. The van der Waals surface area contributed by atoms with Gasteiger partial charge < -0.3 is 4.42 Å². The molecule has 1 aromatic carbocycles. The van der Waals surface area contributed by atoms with E-state index in [0.29, 0.717) is 17.4 Å². The second kappa shape index (κ2) is 7.19. The summed E-state index contributed by atoms with van der Waals surface area (Å²) in [5, 5.41) is 3.04. The molecule has 4 nitrogen and oxygen atoms in total. The highest BCUT2D eigenvalue weighted by atomic mass is 32.2. The Morgan fingerprint density at radius 1 is 1.13 bits per heavy atom. The Balaban J connectivity index is 1.59. The third kappa shape index (κ3) is 4.36. The third-order valence-electron chi connectivity index (χ3n) is 3.46. The molecule has 6 heteroatoms. The van der Waals surface area contributed by atoms with Crippen LogP contribution in [0, 0.1) is 13.8 Å². The number of rotatable bonds is 6. The van der Waals surface area contributed by atoms with Crippen LogP contribution in [0.4, 0.5) is 0 Å². The molecule has 0 saturated heterocycles. The fourth-order valence-corrected chi connectivity index (χ4v) is 4.13. The van der Waals surface area contributed by atoms with Gasteiger partial charge in [-0.15, -0.1) is 11.3 Å². The smallest absolute Gasteiger partial charge is 0.207 e. The molecule has 0 saturated carbocycles. The minimum absolute atomic E-state index is 0.334. The zero-order valence-electron chi connectivity index (χ0n) is 13.1. The molecule has 0 radical (unpaired) electrons. The maximum Gasteiger partial charge on any atom is 0.207 e. The summed E-state index contributed by atoms with van der Waals surface area (Å²) < 4.78 is 17.7. The van der Waals surface area contributed by atoms with Crippen molar-refractivity contribution in [2.75, 3.05) is 0 Å². The Morgan fingerprint density at radius 3 is 2.61 bits per heavy atom. The number of oxazole rings is 1. The molecule has 0 aliphatic heterocycles. The minimum atomic E-state index is -1.06. The standard InChI is InChI=1S/C17H18N2O2S2/c1-12-13(2)21-16(18-12)11-23(20)10-15-9-22-17(19-15)8-14-6-4-3-5-7-14/h3-7,9H,8,10-11H2,1-2H3. The lowest BCUT2D eigenvalue weighted by molar-refractivity contribution is 0.487. The Morgan fingerprint density at radius 2 is 1.91 bits per heavy atom. The predicted octanol–water partition coefficient (Wildman–Crippen LogP) is 3.79. The monoisotopic (exact) mass is 346 g/mol. The van der Waals surface area contributed by atoms with E-state index in [1.54, 1.807) is 11.3 Å². The molecule has 120 valence electrons. The van der Waals surface area contributed by atoms with E-state index in [0.717, 1.165) is 28.6 Å². The van der Waals surface area contributed by atoms with Crippen LogP contribution in [0.2, 0.25) is 0 Å². The van der Waals surface area contributed by atoms with E-state index in [1.165, 1.54) is 5.56 Å². The summed E-state index contributed by atoms with van der Waals surface area (Å²) in [5.41, 5.74) is 2.97. The molecule has 3 rings (SSSR count). The first-order valence-corrected chi connectivity index (χ1v) is 9.72. The molecular formula is C17H18N2O2S2. The largest absolute Gasteiger partial charge is 0.445 e. The highest BCUT2D eigenvalue weighted by Crippen LogP contribution is 2.17. The molecule has 1 atom stereocenters. The van der Waals surface area contributed by atoms with Gasteiger partial charge in [0.1, 0.15) is 11.5 Å². The van der Waals surface area contributed by atoms with E-state index >= 15 is 0 Å². The average molecular weight is 346 g/mol. The summed E-state index contributed by atoms with van der Waals surface area (Å²) >= 11 is 1.61. The molecule has 0 bridgehead atoms. The Hall–Kier alpha value is -1.79. The molecule has 1 unspecified atom stereocenters. The average Bonchev–Trinajstić information content (AvgIpc) is 3.07. The van der Waals surface area contributed by atoms with Crippen molar-refractivity contribution in [1.29, 1.82) is 0 Å². The molecule has 0 N–H and O–H groups in total. The van der Waals surface area contributed by atoms with E-state index in [9.17, 15) is 4.21 Å². The van der Waals surface area contributed by atoms with Crippen molar-refractivity contribution < 1.29 is 8.63 Å². The van der Waals surface area contributed by atoms with Crippen molar-refractivity contribution in [2.45, 2.75) is 31.8 Å².